The first kappa shape index (κ1) is 21.4. The van der Waals surface area contributed by atoms with Gasteiger partial charge in [0.1, 0.15) is 11.3 Å². The summed E-state index contributed by atoms with van der Waals surface area (Å²) in [7, 11) is 1.51. The molecule has 0 radical (unpaired) electrons. The number of rotatable bonds is 4. The zero-order valence-corrected chi connectivity index (χ0v) is 19.1. The van der Waals surface area contributed by atoms with Crippen molar-refractivity contribution in [3.05, 3.63) is 87.2 Å². The molecule has 3 aromatic carbocycles. The van der Waals surface area contributed by atoms with Crippen molar-refractivity contribution >= 4 is 34.2 Å². The van der Waals surface area contributed by atoms with Gasteiger partial charge in [0.15, 0.2) is 17.6 Å². The summed E-state index contributed by atoms with van der Waals surface area (Å²) in [5.74, 6) is 0.424. The molecule has 8 nitrogen and oxygen atoms in total. The predicted octanol–water partition coefficient (Wildman–Crippen LogP) is 4.72. The normalized spacial score (nSPS) is 17.7. The van der Waals surface area contributed by atoms with Crippen molar-refractivity contribution in [2.75, 3.05) is 19.2 Å². The number of hydrogen-bond acceptors (Lipinski definition) is 7. The van der Waals surface area contributed by atoms with Gasteiger partial charge in [-0.2, -0.15) is 0 Å². The lowest BCUT2D eigenvalue weighted by molar-refractivity contribution is -0.122. The van der Waals surface area contributed by atoms with Gasteiger partial charge in [-0.25, -0.2) is 4.79 Å². The fourth-order valence-corrected chi connectivity index (χ4v) is 4.63. The number of methoxy groups -OCH3 is 1. The molecule has 2 aliphatic rings. The number of hydrogen-bond donors (Lipinski definition) is 1. The molecule has 0 saturated carbocycles. The number of halogens is 1. The van der Waals surface area contributed by atoms with Gasteiger partial charge in [-0.3, -0.25) is 4.79 Å². The minimum absolute atomic E-state index is 0.0418. The van der Waals surface area contributed by atoms with Crippen LogP contribution in [0.3, 0.4) is 0 Å². The zero-order chi connectivity index (χ0) is 24.1. The molecular weight excluding hydrogens is 474 g/mol. The highest BCUT2D eigenvalue weighted by molar-refractivity contribution is 6.30. The van der Waals surface area contributed by atoms with E-state index in [1.807, 2.05) is 6.07 Å². The molecular formula is C26H18ClNO7. The molecule has 1 N–H and O–H groups in total. The first-order valence-electron chi connectivity index (χ1n) is 10.8. The van der Waals surface area contributed by atoms with Gasteiger partial charge in [-0.15, -0.1) is 0 Å². The number of nitrogens with one attached hydrogen (secondary N) is 1. The highest BCUT2D eigenvalue weighted by Gasteiger charge is 2.45. The summed E-state index contributed by atoms with van der Waals surface area (Å²) in [6.07, 6.45) is -1.07. The Kier molecular flexibility index (Phi) is 5.04. The molecule has 1 aromatic heterocycles. The van der Waals surface area contributed by atoms with Crippen LogP contribution in [0.5, 0.6) is 23.0 Å². The van der Waals surface area contributed by atoms with Crippen molar-refractivity contribution in [3.63, 3.8) is 0 Å². The van der Waals surface area contributed by atoms with E-state index in [4.69, 9.17) is 35.0 Å². The highest BCUT2D eigenvalue weighted by atomic mass is 35.5. The average Bonchev–Trinajstić information content (AvgIpc) is 3.50. The van der Waals surface area contributed by atoms with Crippen LogP contribution in [0.4, 0.5) is 5.69 Å². The number of para-hydroxylation sites is 1. The van der Waals surface area contributed by atoms with Gasteiger partial charge in [0.2, 0.25) is 12.5 Å². The minimum atomic E-state index is -1.07. The smallest absolute Gasteiger partial charge is 0.344 e. The molecule has 0 fully saturated rings. The van der Waals surface area contributed by atoms with E-state index < -0.39 is 23.6 Å². The third-order valence-electron chi connectivity index (χ3n) is 6.07. The van der Waals surface area contributed by atoms with E-state index in [2.05, 4.69) is 5.32 Å². The Bertz CT molecular complexity index is 1530. The lowest BCUT2D eigenvalue weighted by atomic mass is 9.87. The second-order valence-electron chi connectivity index (χ2n) is 8.10. The van der Waals surface area contributed by atoms with Crippen molar-refractivity contribution < 1.29 is 28.2 Å². The van der Waals surface area contributed by atoms with Gasteiger partial charge in [-0.1, -0.05) is 23.7 Å². The summed E-state index contributed by atoms with van der Waals surface area (Å²) < 4.78 is 28.4. The van der Waals surface area contributed by atoms with E-state index >= 15 is 0 Å². The van der Waals surface area contributed by atoms with Crippen LogP contribution in [-0.4, -0.2) is 25.9 Å². The topological polar surface area (TPSA) is 96.2 Å². The predicted molar refractivity (Wildman–Crippen MR) is 128 cm³/mol. The molecule has 0 spiro atoms. The maximum atomic E-state index is 13.5. The van der Waals surface area contributed by atoms with Crippen LogP contribution in [0.25, 0.3) is 11.0 Å². The molecule has 0 saturated heterocycles. The second kappa shape index (κ2) is 8.25. The lowest BCUT2D eigenvalue weighted by Crippen LogP contribution is -2.35. The highest BCUT2D eigenvalue weighted by Crippen LogP contribution is 2.49. The van der Waals surface area contributed by atoms with Crippen molar-refractivity contribution in [2.45, 2.75) is 12.0 Å². The van der Waals surface area contributed by atoms with Crippen LogP contribution in [0, 0.1) is 0 Å². The summed E-state index contributed by atoms with van der Waals surface area (Å²) >= 11 is 5.97. The molecule has 0 bridgehead atoms. The minimum Gasteiger partial charge on any atom is -0.493 e. The van der Waals surface area contributed by atoms with Crippen LogP contribution >= 0.6 is 11.6 Å². The van der Waals surface area contributed by atoms with Crippen LogP contribution in [-0.2, 0) is 4.79 Å². The van der Waals surface area contributed by atoms with Gasteiger partial charge >= 0.3 is 5.63 Å². The molecule has 2 aliphatic heterocycles. The fraction of sp³-hybridized carbons (Fsp3) is 0.154. The summed E-state index contributed by atoms with van der Waals surface area (Å²) in [4.78, 5) is 26.7. The summed E-state index contributed by atoms with van der Waals surface area (Å²) in [6.45, 7) is 0.0418. The molecule has 9 heteroatoms. The van der Waals surface area contributed by atoms with Crippen molar-refractivity contribution in [2.24, 2.45) is 0 Å². The summed E-state index contributed by atoms with van der Waals surface area (Å²) in [6, 6.07) is 17.2. The number of carbonyl (C=O) groups is 1. The Morgan fingerprint density at radius 2 is 1.86 bits per heavy atom. The van der Waals surface area contributed by atoms with E-state index in [9.17, 15) is 9.59 Å². The Morgan fingerprint density at radius 1 is 1.06 bits per heavy atom. The van der Waals surface area contributed by atoms with Crippen molar-refractivity contribution in [1.29, 1.82) is 0 Å². The summed E-state index contributed by atoms with van der Waals surface area (Å²) in [5.41, 5.74) is 1.17. The van der Waals surface area contributed by atoms with Crippen LogP contribution in [0.1, 0.15) is 17.0 Å². The SMILES string of the molecule is COc1cc(C2c3c(c4ccccc4oc3=O)OC2C(=O)Nc2ccc(Cl)cc2)cc2c1OCO2. The first-order chi connectivity index (χ1) is 17.0. The van der Waals surface area contributed by atoms with Crippen molar-refractivity contribution in [3.8, 4) is 23.0 Å². The number of amides is 1. The third kappa shape index (κ3) is 3.54. The van der Waals surface area contributed by atoms with Gasteiger partial charge < -0.3 is 28.7 Å². The molecule has 4 aromatic rings. The zero-order valence-electron chi connectivity index (χ0n) is 18.4. The number of carbonyl (C=O) groups excluding carboxylic acids is 1. The van der Waals surface area contributed by atoms with Crippen LogP contribution < -0.4 is 29.9 Å². The number of benzene rings is 3. The number of ether oxygens (including phenoxy) is 4. The van der Waals surface area contributed by atoms with Gasteiger partial charge in [-0.05, 0) is 54.1 Å². The Balaban J connectivity index is 1.51. The molecule has 2 unspecified atom stereocenters. The third-order valence-corrected chi connectivity index (χ3v) is 6.32. The largest absolute Gasteiger partial charge is 0.493 e. The van der Waals surface area contributed by atoms with Crippen LogP contribution in [0.15, 0.2) is 69.9 Å². The van der Waals surface area contributed by atoms with E-state index in [-0.39, 0.29) is 12.4 Å². The maximum absolute atomic E-state index is 13.5. The molecule has 35 heavy (non-hydrogen) atoms. The van der Waals surface area contributed by atoms with E-state index in [0.29, 0.717) is 50.2 Å². The van der Waals surface area contributed by atoms with Crippen LogP contribution in [0.2, 0.25) is 5.02 Å². The van der Waals surface area contributed by atoms with Gasteiger partial charge in [0.25, 0.3) is 5.91 Å². The second-order valence-corrected chi connectivity index (χ2v) is 8.53. The maximum Gasteiger partial charge on any atom is 0.344 e. The van der Waals surface area contributed by atoms with Gasteiger partial charge in [0, 0.05) is 10.7 Å². The fourth-order valence-electron chi connectivity index (χ4n) is 4.50. The molecule has 2 atom stereocenters. The average molecular weight is 492 g/mol. The molecule has 0 aliphatic carbocycles. The van der Waals surface area contributed by atoms with E-state index in [1.54, 1.807) is 54.6 Å². The molecule has 6 rings (SSSR count). The Hall–Kier alpha value is -4.17. The van der Waals surface area contributed by atoms with E-state index in [0.717, 1.165) is 0 Å². The molecule has 3 heterocycles. The molecule has 176 valence electrons. The monoisotopic (exact) mass is 491 g/mol. The number of fused-ring (bicyclic) bond motifs is 4. The molecule has 1 amide bonds. The Morgan fingerprint density at radius 3 is 2.66 bits per heavy atom. The number of anilines is 1. The van der Waals surface area contributed by atoms with E-state index in [1.165, 1.54) is 7.11 Å². The Labute approximate surface area is 203 Å². The standard InChI is InChI=1S/C26H18ClNO7/c1-31-18-10-13(11-19-23(18)33-12-32-19)20-21-22(16-4-2-3-5-17(16)34-26(21)30)35-24(20)25(29)28-15-8-6-14(27)7-9-15/h2-11,20,24H,12H2,1H3,(H,28,29). The van der Waals surface area contributed by atoms with Crippen molar-refractivity contribution in [1.82, 2.24) is 0 Å². The quantitative estimate of drug-likeness (QED) is 0.413. The first-order valence-corrected chi connectivity index (χ1v) is 11.2. The van der Waals surface area contributed by atoms with Gasteiger partial charge in [0.05, 0.1) is 24.0 Å². The lowest BCUT2D eigenvalue weighted by Gasteiger charge is -2.20. The summed E-state index contributed by atoms with van der Waals surface area (Å²) in [5, 5.41) is 3.99.